The van der Waals surface area contributed by atoms with E-state index < -0.39 is 0 Å². The Labute approximate surface area is 90.9 Å². The third kappa shape index (κ3) is 2.93. The molecule has 0 aliphatic heterocycles. The molecule has 0 spiro atoms. The minimum atomic E-state index is -0.148. The van der Waals surface area contributed by atoms with Crippen LogP contribution in [0.1, 0.15) is 19.4 Å². The Morgan fingerprint density at radius 1 is 1.27 bits per heavy atom. The van der Waals surface area contributed by atoms with Gasteiger partial charge in [-0.15, -0.1) is 0 Å². The van der Waals surface area contributed by atoms with E-state index in [-0.39, 0.29) is 5.82 Å². The van der Waals surface area contributed by atoms with Gasteiger partial charge < -0.3 is 10.6 Å². The summed E-state index contributed by atoms with van der Waals surface area (Å²) in [6, 6.07) is 5.37. The van der Waals surface area contributed by atoms with Crippen LogP contribution in [0.15, 0.2) is 18.2 Å². The number of hydrogen-bond acceptors (Lipinski definition) is 2. The van der Waals surface area contributed by atoms with E-state index in [2.05, 4.69) is 0 Å². The molecule has 0 radical (unpaired) electrons. The number of anilines is 1. The molecule has 0 unspecified atom stereocenters. The summed E-state index contributed by atoms with van der Waals surface area (Å²) in [5, 5.41) is 0. The molecule has 0 saturated carbocycles. The SMILES string of the molecule is CCN(CC)c1ccc(CCN)cc1F. The van der Waals surface area contributed by atoms with E-state index in [4.69, 9.17) is 5.73 Å². The first kappa shape index (κ1) is 12.0. The van der Waals surface area contributed by atoms with Gasteiger partial charge in [-0.05, 0) is 44.5 Å². The molecule has 84 valence electrons. The Bertz CT molecular complexity index is 308. The van der Waals surface area contributed by atoms with Crippen molar-refractivity contribution in [3.8, 4) is 0 Å². The lowest BCUT2D eigenvalue weighted by atomic mass is 10.1. The van der Waals surface area contributed by atoms with Crippen molar-refractivity contribution in [2.75, 3.05) is 24.5 Å². The Balaban J connectivity index is 2.91. The van der Waals surface area contributed by atoms with Crippen molar-refractivity contribution >= 4 is 5.69 Å². The van der Waals surface area contributed by atoms with Gasteiger partial charge in [0.05, 0.1) is 5.69 Å². The summed E-state index contributed by atoms with van der Waals surface area (Å²) < 4.78 is 13.7. The number of nitrogens with zero attached hydrogens (tertiary/aromatic N) is 1. The zero-order valence-electron chi connectivity index (χ0n) is 9.46. The molecule has 0 aromatic heterocycles. The monoisotopic (exact) mass is 210 g/mol. The normalized spacial score (nSPS) is 10.4. The van der Waals surface area contributed by atoms with Gasteiger partial charge >= 0.3 is 0 Å². The Hall–Kier alpha value is -1.09. The van der Waals surface area contributed by atoms with Crippen molar-refractivity contribution in [2.45, 2.75) is 20.3 Å². The predicted molar refractivity (Wildman–Crippen MR) is 62.7 cm³/mol. The molecule has 3 heteroatoms. The van der Waals surface area contributed by atoms with E-state index in [0.717, 1.165) is 25.1 Å². The highest BCUT2D eigenvalue weighted by molar-refractivity contribution is 5.49. The van der Waals surface area contributed by atoms with E-state index in [1.165, 1.54) is 0 Å². The summed E-state index contributed by atoms with van der Waals surface area (Å²) in [4.78, 5) is 2.00. The third-order valence-electron chi connectivity index (χ3n) is 2.55. The lowest BCUT2D eigenvalue weighted by Gasteiger charge is -2.21. The van der Waals surface area contributed by atoms with E-state index in [1.807, 2.05) is 30.9 Å². The first-order valence-corrected chi connectivity index (χ1v) is 5.46. The van der Waals surface area contributed by atoms with Crippen LogP contribution in [0.3, 0.4) is 0 Å². The lowest BCUT2D eigenvalue weighted by molar-refractivity contribution is 0.617. The average molecular weight is 210 g/mol. The molecule has 2 N–H and O–H groups in total. The standard InChI is InChI=1S/C12H19FN2/c1-3-15(4-2)12-6-5-10(7-8-14)9-11(12)13/h5-6,9H,3-4,7-8,14H2,1-2H3. The van der Waals surface area contributed by atoms with Gasteiger partial charge in [0.15, 0.2) is 0 Å². The number of hydrogen-bond donors (Lipinski definition) is 1. The van der Waals surface area contributed by atoms with E-state index in [9.17, 15) is 4.39 Å². The molecule has 0 amide bonds. The highest BCUT2D eigenvalue weighted by Gasteiger charge is 2.08. The second-order valence-electron chi connectivity index (χ2n) is 3.50. The molecule has 0 saturated heterocycles. The maximum Gasteiger partial charge on any atom is 0.146 e. The fraction of sp³-hybridized carbons (Fsp3) is 0.500. The number of halogens is 1. The first-order chi connectivity index (χ1) is 7.22. The van der Waals surface area contributed by atoms with Crippen LogP contribution in [0.25, 0.3) is 0 Å². The van der Waals surface area contributed by atoms with E-state index >= 15 is 0 Å². The van der Waals surface area contributed by atoms with Crippen molar-refractivity contribution in [3.05, 3.63) is 29.6 Å². The Kier molecular flexibility index (Phi) is 4.56. The molecule has 2 nitrogen and oxygen atoms in total. The van der Waals surface area contributed by atoms with E-state index in [1.54, 1.807) is 6.07 Å². The van der Waals surface area contributed by atoms with Crippen LogP contribution in [0.5, 0.6) is 0 Å². The van der Waals surface area contributed by atoms with Crippen LogP contribution in [-0.2, 0) is 6.42 Å². The summed E-state index contributed by atoms with van der Waals surface area (Å²) in [5.74, 6) is -0.148. The molecular formula is C12H19FN2. The zero-order valence-corrected chi connectivity index (χ0v) is 9.46. The minimum absolute atomic E-state index is 0.148. The highest BCUT2D eigenvalue weighted by Crippen LogP contribution is 2.20. The predicted octanol–water partition coefficient (Wildman–Crippen LogP) is 2.17. The Morgan fingerprint density at radius 3 is 2.40 bits per heavy atom. The van der Waals surface area contributed by atoms with Gasteiger partial charge in [0.25, 0.3) is 0 Å². The van der Waals surface area contributed by atoms with Crippen LogP contribution in [0.2, 0.25) is 0 Å². The van der Waals surface area contributed by atoms with Crippen molar-refractivity contribution in [3.63, 3.8) is 0 Å². The maximum atomic E-state index is 13.7. The van der Waals surface area contributed by atoms with E-state index in [0.29, 0.717) is 12.2 Å². The highest BCUT2D eigenvalue weighted by atomic mass is 19.1. The topological polar surface area (TPSA) is 29.3 Å². The van der Waals surface area contributed by atoms with Gasteiger partial charge in [0, 0.05) is 13.1 Å². The van der Waals surface area contributed by atoms with Crippen LogP contribution in [-0.4, -0.2) is 19.6 Å². The number of rotatable bonds is 5. The first-order valence-electron chi connectivity index (χ1n) is 5.46. The maximum absolute atomic E-state index is 13.7. The number of nitrogens with two attached hydrogens (primary N) is 1. The van der Waals surface area contributed by atoms with Crippen molar-refractivity contribution in [1.29, 1.82) is 0 Å². The molecule has 0 aliphatic carbocycles. The van der Waals surface area contributed by atoms with Crippen LogP contribution in [0.4, 0.5) is 10.1 Å². The lowest BCUT2D eigenvalue weighted by Crippen LogP contribution is -2.23. The van der Waals surface area contributed by atoms with Crippen LogP contribution >= 0.6 is 0 Å². The molecule has 0 heterocycles. The molecule has 1 aromatic rings. The van der Waals surface area contributed by atoms with Crippen LogP contribution in [0, 0.1) is 5.82 Å². The summed E-state index contributed by atoms with van der Waals surface area (Å²) in [6.07, 6.45) is 0.732. The van der Waals surface area contributed by atoms with Crippen molar-refractivity contribution in [2.24, 2.45) is 5.73 Å². The van der Waals surface area contributed by atoms with Crippen molar-refractivity contribution < 1.29 is 4.39 Å². The Morgan fingerprint density at radius 2 is 1.93 bits per heavy atom. The summed E-state index contributed by atoms with van der Waals surface area (Å²) >= 11 is 0. The fourth-order valence-corrected chi connectivity index (χ4v) is 1.69. The zero-order chi connectivity index (χ0) is 11.3. The summed E-state index contributed by atoms with van der Waals surface area (Å²) in [5.41, 5.74) is 7.07. The molecular weight excluding hydrogens is 191 g/mol. The molecule has 15 heavy (non-hydrogen) atoms. The minimum Gasteiger partial charge on any atom is -0.370 e. The van der Waals surface area contributed by atoms with Gasteiger partial charge in [-0.25, -0.2) is 4.39 Å². The van der Waals surface area contributed by atoms with Crippen molar-refractivity contribution in [1.82, 2.24) is 0 Å². The average Bonchev–Trinajstić information content (AvgIpc) is 2.23. The van der Waals surface area contributed by atoms with Gasteiger partial charge in [-0.2, -0.15) is 0 Å². The summed E-state index contributed by atoms with van der Waals surface area (Å²) in [7, 11) is 0. The smallest absolute Gasteiger partial charge is 0.146 e. The molecule has 0 fully saturated rings. The second-order valence-corrected chi connectivity index (χ2v) is 3.50. The molecule has 1 rings (SSSR count). The van der Waals surface area contributed by atoms with Gasteiger partial charge in [-0.1, -0.05) is 6.07 Å². The molecule has 0 atom stereocenters. The van der Waals surface area contributed by atoms with Gasteiger partial charge in [0.1, 0.15) is 5.82 Å². The molecule has 0 bridgehead atoms. The molecule has 0 aliphatic rings. The fourth-order valence-electron chi connectivity index (χ4n) is 1.69. The largest absolute Gasteiger partial charge is 0.370 e. The number of benzene rings is 1. The quantitative estimate of drug-likeness (QED) is 0.807. The molecule has 1 aromatic carbocycles. The summed E-state index contributed by atoms with van der Waals surface area (Å²) in [6.45, 7) is 6.25. The van der Waals surface area contributed by atoms with Gasteiger partial charge in [0.2, 0.25) is 0 Å². The second kappa shape index (κ2) is 5.71. The van der Waals surface area contributed by atoms with Gasteiger partial charge in [-0.3, -0.25) is 0 Å². The van der Waals surface area contributed by atoms with Crippen LogP contribution < -0.4 is 10.6 Å². The third-order valence-corrected chi connectivity index (χ3v) is 2.55.